The summed E-state index contributed by atoms with van der Waals surface area (Å²) >= 11 is 0. The highest BCUT2D eigenvalue weighted by Crippen LogP contribution is 2.38. The highest BCUT2D eigenvalue weighted by atomic mass is 19.4. The highest BCUT2D eigenvalue weighted by molar-refractivity contribution is 5.55. The summed E-state index contributed by atoms with van der Waals surface area (Å²) < 4.78 is 40.3. The molecule has 0 unspecified atom stereocenters. The molecule has 0 bridgehead atoms. The second-order valence-corrected chi connectivity index (χ2v) is 7.36. The Hall–Kier alpha value is -1.23. The van der Waals surface area contributed by atoms with E-state index in [1.54, 1.807) is 12.1 Å². The molecule has 1 aromatic carbocycles. The zero-order valence-electron chi connectivity index (χ0n) is 14.4. The fraction of sp³-hybridized carbons (Fsp3) is 0.667. The smallest absolute Gasteiger partial charge is 0.382 e. The number of hydrogen-bond acceptors (Lipinski definition) is 2. The van der Waals surface area contributed by atoms with Crippen molar-refractivity contribution in [1.82, 2.24) is 4.90 Å². The van der Waals surface area contributed by atoms with Gasteiger partial charge in [-0.15, -0.1) is 0 Å². The molecule has 0 radical (unpaired) electrons. The Morgan fingerprint density at radius 1 is 1.13 bits per heavy atom. The van der Waals surface area contributed by atoms with E-state index in [1.165, 1.54) is 6.07 Å². The van der Waals surface area contributed by atoms with Crippen LogP contribution >= 0.6 is 0 Å². The lowest BCUT2D eigenvalue weighted by Crippen LogP contribution is -2.39. The van der Waals surface area contributed by atoms with Gasteiger partial charge in [-0.05, 0) is 42.5 Å². The zero-order valence-corrected chi connectivity index (χ0v) is 14.4. The lowest BCUT2D eigenvalue weighted by molar-refractivity contribution is -0.137. The maximum absolute atomic E-state index is 13.4. The van der Waals surface area contributed by atoms with Gasteiger partial charge < -0.3 is 10.2 Å². The molecule has 1 N–H and O–H groups in total. The molecule has 1 aromatic rings. The number of nitrogens with zero attached hydrogens (tertiary/aromatic N) is 1. The van der Waals surface area contributed by atoms with Crippen LogP contribution in [0.25, 0.3) is 0 Å². The summed E-state index contributed by atoms with van der Waals surface area (Å²) in [6.07, 6.45) is -2.58. The Kier molecular flexibility index (Phi) is 5.29. The first kappa shape index (κ1) is 18.1. The molecule has 1 saturated heterocycles. The molecule has 2 rings (SSSR count). The fourth-order valence-electron chi connectivity index (χ4n) is 2.98. The molecule has 0 atom stereocenters. The van der Waals surface area contributed by atoms with E-state index in [2.05, 4.69) is 17.1 Å². The number of likely N-dealkylation sites (tertiary alicyclic amines) is 1. The van der Waals surface area contributed by atoms with Crippen LogP contribution in [0.15, 0.2) is 18.2 Å². The number of hydrogen-bond donors (Lipinski definition) is 1. The van der Waals surface area contributed by atoms with Crippen molar-refractivity contribution in [3.8, 4) is 0 Å². The molecule has 130 valence electrons. The van der Waals surface area contributed by atoms with Gasteiger partial charge in [-0.1, -0.05) is 33.8 Å². The van der Waals surface area contributed by atoms with E-state index in [-0.39, 0.29) is 17.1 Å². The van der Waals surface area contributed by atoms with Crippen molar-refractivity contribution in [2.24, 2.45) is 0 Å². The third kappa shape index (κ3) is 4.63. The topological polar surface area (TPSA) is 15.3 Å². The van der Waals surface area contributed by atoms with Crippen molar-refractivity contribution < 1.29 is 13.2 Å². The van der Waals surface area contributed by atoms with Gasteiger partial charge in [0, 0.05) is 24.8 Å². The Balaban J connectivity index is 2.21. The number of piperidine rings is 1. The van der Waals surface area contributed by atoms with Gasteiger partial charge in [0.2, 0.25) is 0 Å². The second-order valence-electron chi connectivity index (χ2n) is 7.36. The van der Waals surface area contributed by atoms with E-state index in [9.17, 15) is 13.2 Å². The van der Waals surface area contributed by atoms with Crippen LogP contribution in [0.3, 0.4) is 0 Å². The summed E-state index contributed by atoms with van der Waals surface area (Å²) in [5, 5.41) is 3.13. The van der Waals surface area contributed by atoms with E-state index in [4.69, 9.17) is 0 Å². The maximum atomic E-state index is 13.4. The molecule has 23 heavy (non-hydrogen) atoms. The Labute approximate surface area is 137 Å². The minimum Gasteiger partial charge on any atom is -0.382 e. The van der Waals surface area contributed by atoms with E-state index in [1.807, 2.05) is 20.8 Å². The predicted molar refractivity (Wildman–Crippen MR) is 88.9 cm³/mol. The first-order valence-corrected chi connectivity index (χ1v) is 8.32. The number of halogens is 3. The number of anilines is 1. The monoisotopic (exact) mass is 328 g/mol. The lowest BCUT2D eigenvalue weighted by atomic mass is 9.85. The van der Waals surface area contributed by atoms with Crippen LogP contribution in [0, 0.1) is 0 Å². The van der Waals surface area contributed by atoms with Crippen LogP contribution in [0.5, 0.6) is 0 Å². The van der Waals surface area contributed by atoms with Crippen molar-refractivity contribution in [3.05, 3.63) is 29.3 Å². The van der Waals surface area contributed by atoms with Gasteiger partial charge in [-0.3, -0.25) is 0 Å². The largest absolute Gasteiger partial charge is 0.418 e. The van der Waals surface area contributed by atoms with Crippen molar-refractivity contribution in [2.45, 2.75) is 58.2 Å². The Morgan fingerprint density at radius 3 is 2.22 bits per heavy atom. The van der Waals surface area contributed by atoms with Crippen LogP contribution in [-0.2, 0) is 11.6 Å². The fourth-order valence-corrected chi connectivity index (χ4v) is 2.98. The number of nitrogens with one attached hydrogen (secondary N) is 1. The molecule has 0 spiro atoms. The third-order valence-corrected chi connectivity index (χ3v) is 4.59. The second kappa shape index (κ2) is 6.71. The Bertz CT molecular complexity index is 524. The van der Waals surface area contributed by atoms with Crippen LogP contribution in [0.2, 0.25) is 0 Å². The summed E-state index contributed by atoms with van der Waals surface area (Å²) in [4.78, 5) is 2.32. The van der Waals surface area contributed by atoms with Crippen molar-refractivity contribution in [1.29, 1.82) is 0 Å². The summed E-state index contributed by atoms with van der Waals surface area (Å²) in [6, 6.07) is 4.80. The highest BCUT2D eigenvalue weighted by Gasteiger charge is 2.35. The average Bonchev–Trinajstić information content (AvgIpc) is 2.46. The van der Waals surface area contributed by atoms with Gasteiger partial charge in [0.1, 0.15) is 0 Å². The number of rotatable bonds is 3. The van der Waals surface area contributed by atoms with Gasteiger partial charge >= 0.3 is 6.18 Å². The van der Waals surface area contributed by atoms with Crippen LogP contribution < -0.4 is 5.32 Å². The maximum Gasteiger partial charge on any atom is 0.418 e. The molecule has 0 saturated carbocycles. The summed E-state index contributed by atoms with van der Waals surface area (Å²) in [5.41, 5.74) is 0.0600. The molecule has 0 aromatic heterocycles. The molecular weight excluding hydrogens is 301 g/mol. The normalized spacial score (nSPS) is 18.2. The lowest BCUT2D eigenvalue weighted by Gasteiger charge is -2.33. The summed E-state index contributed by atoms with van der Waals surface area (Å²) in [5.74, 6) is 0. The quantitative estimate of drug-likeness (QED) is 0.849. The molecule has 1 aliphatic rings. The predicted octanol–water partition coefficient (Wildman–Crippen LogP) is 4.90. The Morgan fingerprint density at radius 2 is 1.74 bits per heavy atom. The van der Waals surface area contributed by atoms with Crippen LogP contribution in [-0.4, -0.2) is 30.6 Å². The molecule has 1 heterocycles. The van der Waals surface area contributed by atoms with E-state index < -0.39 is 11.7 Å². The molecule has 0 aliphatic carbocycles. The van der Waals surface area contributed by atoms with Gasteiger partial charge in [-0.2, -0.15) is 13.2 Å². The molecule has 2 nitrogen and oxygen atoms in total. The molecule has 1 aliphatic heterocycles. The molecule has 1 fully saturated rings. The molecular formula is C18H27F3N2. The van der Waals surface area contributed by atoms with Gasteiger partial charge in [0.25, 0.3) is 0 Å². The van der Waals surface area contributed by atoms with Crippen LogP contribution in [0.1, 0.15) is 51.7 Å². The summed E-state index contributed by atoms with van der Waals surface area (Å²) in [7, 11) is 0. The SMILES string of the molecule is CCN1CCC(Nc2ccc(C(C)(C)C)cc2C(F)(F)F)CC1. The van der Waals surface area contributed by atoms with Crippen molar-refractivity contribution in [3.63, 3.8) is 0 Å². The van der Waals surface area contributed by atoms with Gasteiger partial charge in [-0.25, -0.2) is 0 Å². The molecule has 0 amide bonds. The van der Waals surface area contributed by atoms with Gasteiger partial charge in [0.05, 0.1) is 5.56 Å². The third-order valence-electron chi connectivity index (χ3n) is 4.59. The van der Waals surface area contributed by atoms with E-state index in [0.717, 1.165) is 32.5 Å². The first-order chi connectivity index (χ1) is 10.6. The minimum atomic E-state index is -4.34. The van der Waals surface area contributed by atoms with E-state index >= 15 is 0 Å². The average molecular weight is 328 g/mol. The van der Waals surface area contributed by atoms with Crippen LogP contribution in [0.4, 0.5) is 18.9 Å². The standard InChI is InChI=1S/C18H27F3N2/c1-5-23-10-8-14(9-11-23)22-16-7-6-13(17(2,3)4)12-15(16)18(19,20)21/h6-7,12,14,22H,5,8-11H2,1-4H3. The number of alkyl halides is 3. The molecule has 5 heteroatoms. The zero-order chi connectivity index (χ0) is 17.3. The first-order valence-electron chi connectivity index (χ1n) is 8.32. The number of benzene rings is 1. The van der Waals surface area contributed by atoms with Crippen molar-refractivity contribution >= 4 is 5.69 Å². The van der Waals surface area contributed by atoms with Crippen molar-refractivity contribution in [2.75, 3.05) is 25.0 Å². The van der Waals surface area contributed by atoms with E-state index in [0.29, 0.717) is 5.56 Å². The summed E-state index contributed by atoms with van der Waals surface area (Å²) in [6.45, 7) is 10.8. The van der Waals surface area contributed by atoms with Gasteiger partial charge in [0.15, 0.2) is 0 Å². The minimum absolute atomic E-state index is 0.111.